The first-order valence-corrected chi connectivity index (χ1v) is 9.59. The van der Waals surface area contributed by atoms with Crippen molar-refractivity contribution in [2.24, 2.45) is 5.92 Å². The summed E-state index contributed by atoms with van der Waals surface area (Å²) in [4.78, 5) is 23.3. The van der Waals surface area contributed by atoms with Crippen LogP contribution in [0.3, 0.4) is 0 Å². The summed E-state index contributed by atoms with van der Waals surface area (Å²) in [5, 5.41) is 11.4. The summed E-state index contributed by atoms with van der Waals surface area (Å²) in [6.45, 7) is 0.536. The van der Waals surface area contributed by atoms with Crippen molar-refractivity contribution in [1.29, 1.82) is 0 Å². The molecule has 1 aromatic rings. The maximum Gasteiger partial charge on any atom is 0.290 e. The molecule has 25 heavy (non-hydrogen) atoms. The van der Waals surface area contributed by atoms with Crippen LogP contribution in [-0.2, 0) is 11.4 Å². The van der Waals surface area contributed by atoms with Crippen LogP contribution in [-0.4, -0.2) is 22.9 Å². The molecule has 2 fully saturated rings. The van der Waals surface area contributed by atoms with E-state index in [1.165, 1.54) is 32.1 Å². The van der Waals surface area contributed by atoms with Gasteiger partial charge in [-0.05, 0) is 41.8 Å². The topological polar surface area (TPSA) is 75.6 Å². The summed E-state index contributed by atoms with van der Waals surface area (Å²) < 4.78 is 5.92. The molecule has 134 valence electrons. The number of thioether (sulfide) groups is 1. The van der Waals surface area contributed by atoms with E-state index in [0.717, 1.165) is 35.2 Å². The van der Waals surface area contributed by atoms with E-state index in [2.05, 4.69) is 5.32 Å². The second kappa shape index (κ2) is 8.54. The molecule has 5 nitrogen and oxygen atoms in total. The molecule has 2 amide bonds. The van der Waals surface area contributed by atoms with Gasteiger partial charge in [0.05, 0.1) is 18.1 Å². The highest BCUT2D eigenvalue weighted by Gasteiger charge is 2.25. The molecule has 1 saturated carbocycles. The summed E-state index contributed by atoms with van der Waals surface area (Å²) in [6.07, 6.45) is 9.23. The number of hydrogen-bond donors (Lipinski definition) is 2. The molecule has 2 N–H and O–H groups in total. The molecule has 0 atom stereocenters. The standard InChI is InChI=1S/C19H23NO4S/c21-12-15-7-6-14(11-17-18(22)20-19(23)25-17)10-16(15)24-9-8-13-4-2-1-3-5-13/h6-7,10-11,13,21H,1-5,8-9,12H2,(H,20,22,23). The van der Waals surface area contributed by atoms with Gasteiger partial charge in [-0.1, -0.05) is 44.2 Å². The van der Waals surface area contributed by atoms with Crippen molar-refractivity contribution in [1.82, 2.24) is 5.32 Å². The first kappa shape index (κ1) is 18.0. The molecule has 0 aromatic heterocycles. The summed E-state index contributed by atoms with van der Waals surface area (Å²) in [7, 11) is 0. The van der Waals surface area contributed by atoms with Crippen LogP contribution in [0.1, 0.15) is 49.7 Å². The Labute approximate surface area is 151 Å². The minimum absolute atomic E-state index is 0.0939. The zero-order valence-electron chi connectivity index (χ0n) is 14.1. The number of rotatable bonds is 6. The van der Waals surface area contributed by atoms with Crippen LogP contribution in [0, 0.1) is 5.92 Å². The van der Waals surface area contributed by atoms with Gasteiger partial charge in [0.1, 0.15) is 5.75 Å². The first-order chi connectivity index (χ1) is 12.2. The molecule has 0 spiro atoms. The van der Waals surface area contributed by atoms with Crippen molar-refractivity contribution >= 4 is 29.0 Å². The minimum Gasteiger partial charge on any atom is -0.493 e. The van der Waals surface area contributed by atoms with Gasteiger partial charge in [0.2, 0.25) is 0 Å². The summed E-state index contributed by atoms with van der Waals surface area (Å²) in [5.41, 5.74) is 1.50. The number of ether oxygens (including phenoxy) is 1. The number of aliphatic hydroxyl groups is 1. The maximum absolute atomic E-state index is 11.7. The zero-order valence-corrected chi connectivity index (χ0v) is 14.9. The zero-order chi connectivity index (χ0) is 17.6. The van der Waals surface area contributed by atoms with E-state index in [9.17, 15) is 14.7 Å². The quantitative estimate of drug-likeness (QED) is 0.753. The van der Waals surface area contributed by atoms with E-state index in [1.807, 2.05) is 12.1 Å². The third-order valence-corrected chi connectivity index (χ3v) is 5.52. The summed E-state index contributed by atoms with van der Waals surface area (Å²) in [6, 6.07) is 5.42. The maximum atomic E-state index is 11.7. The molecular weight excluding hydrogens is 338 g/mol. The van der Waals surface area contributed by atoms with Crippen LogP contribution in [0.4, 0.5) is 4.79 Å². The average Bonchev–Trinajstić information content (AvgIpc) is 2.93. The Morgan fingerprint density at radius 2 is 2.04 bits per heavy atom. The molecule has 6 heteroatoms. The number of aliphatic hydroxyl groups excluding tert-OH is 1. The van der Waals surface area contributed by atoms with Crippen molar-refractivity contribution in [2.45, 2.75) is 45.1 Å². The fraction of sp³-hybridized carbons (Fsp3) is 0.474. The van der Waals surface area contributed by atoms with E-state index in [4.69, 9.17) is 4.74 Å². The van der Waals surface area contributed by atoms with Crippen molar-refractivity contribution < 1.29 is 19.4 Å². The highest BCUT2D eigenvalue weighted by Crippen LogP contribution is 2.29. The van der Waals surface area contributed by atoms with E-state index >= 15 is 0 Å². The lowest BCUT2D eigenvalue weighted by Gasteiger charge is -2.21. The fourth-order valence-electron chi connectivity index (χ4n) is 3.31. The normalized spacial score (nSPS) is 20.1. The Morgan fingerprint density at radius 1 is 1.24 bits per heavy atom. The molecule has 1 aliphatic carbocycles. The van der Waals surface area contributed by atoms with Crippen molar-refractivity contribution in [3.8, 4) is 5.75 Å². The lowest BCUT2D eigenvalue weighted by Crippen LogP contribution is -2.17. The Kier molecular flexibility index (Phi) is 6.15. The van der Waals surface area contributed by atoms with Gasteiger partial charge in [-0.15, -0.1) is 0 Å². The molecule has 1 aliphatic heterocycles. The average molecular weight is 361 g/mol. The number of imide groups is 1. The number of amides is 2. The highest BCUT2D eigenvalue weighted by atomic mass is 32.2. The largest absolute Gasteiger partial charge is 0.493 e. The molecule has 1 heterocycles. The molecule has 1 saturated heterocycles. The minimum atomic E-state index is -0.374. The first-order valence-electron chi connectivity index (χ1n) is 8.77. The van der Waals surface area contributed by atoms with Gasteiger partial charge in [0.25, 0.3) is 11.1 Å². The molecule has 1 aromatic carbocycles. The van der Waals surface area contributed by atoms with Crippen LogP contribution in [0.15, 0.2) is 23.1 Å². The Bertz CT molecular complexity index is 680. The molecule has 0 unspecified atom stereocenters. The van der Waals surface area contributed by atoms with Gasteiger partial charge in [-0.25, -0.2) is 0 Å². The third kappa shape index (κ3) is 4.86. The Hall–Kier alpha value is -1.79. The Balaban J connectivity index is 1.66. The molecule has 3 rings (SSSR count). The van der Waals surface area contributed by atoms with Gasteiger partial charge in [-0.2, -0.15) is 0 Å². The second-order valence-electron chi connectivity index (χ2n) is 6.52. The number of carbonyl (C=O) groups excluding carboxylic acids is 2. The molecule has 2 aliphatic rings. The Morgan fingerprint density at radius 3 is 2.72 bits per heavy atom. The molecular formula is C19H23NO4S. The smallest absolute Gasteiger partial charge is 0.290 e. The number of nitrogens with one attached hydrogen (secondary N) is 1. The van der Waals surface area contributed by atoms with Gasteiger partial charge < -0.3 is 9.84 Å². The van der Waals surface area contributed by atoms with E-state index < -0.39 is 0 Å². The SMILES string of the molecule is O=C1NC(=O)C(=Cc2ccc(CO)c(OCCC3CCCCC3)c2)S1. The van der Waals surface area contributed by atoms with Crippen LogP contribution in [0.2, 0.25) is 0 Å². The fourth-order valence-corrected chi connectivity index (χ4v) is 3.99. The third-order valence-electron chi connectivity index (χ3n) is 4.71. The predicted octanol–water partition coefficient (Wildman–Crippen LogP) is 3.85. The van der Waals surface area contributed by atoms with Gasteiger partial charge in [-0.3, -0.25) is 14.9 Å². The van der Waals surface area contributed by atoms with E-state index in [1.54, 1.807) is 12.1 Å². The second-order valence-corrected chi connectivity index (χ2v) is 7.53. The lowest BCUT2D eigenvalue weighted by molar-refractivity contribution is -0.115. The molecule has 0 bridgehead atoms. The van der Waals surface area contributed by atoms with Gasteiger partial charge in [0, 0.05) is 5.56 Å². The molecule has 0 radical (unpaired) electrons. The highest BCUT2D eigenvalue weighted by molar-refractivity contribution is 8.18. The van der Waals surface area contributed by atoms with Crippen molar-refractivity contribution in [2.75, 3.05) is 6.61 Å². The monoisotopic (exact) mass is 361 g/mol. The van der Waals surface area contributed by atoms with Crippen LogP contribution < -0.4 is 10.1 Å². The number of hydrogen-bond acceptors (Lipinski definition) is 5. The lowest BCUT2D eigenvalue weighted by atomic mass is 9.87. The summed E-state index contributed by atoms with van der Waals surface area (Å²) >= 11 is 0.892. The van der Waals surface area contributed by atoms with Gasteiger partial charge >= 0.3 is 0 Å². The van der Waals surface area contributed by atoms with Crippen LogP contribution in [0.25, 0.3) is 6.08 Å². The van der Waals surface area contributed by atoms with E-state index in [-0.39, 0.29) is 17.8 Å². The van der Waals surface area contributed by atoms with Crippen molar-refractivity contribution in [3.05, 3.63) is 34.2 Å². The van der Waals surface area contributed by atoms with Crippen molar-refractivity contribution in [3.63, 3.8) is 0 Å². The van der Waals surface area contributed by atoms with Crippen LogP contribution >= 0.6 is 11.8 Å². The van der Waals surface area contributed by atoms with Gasteiger partial charge in [0.15, 0.2) is 0 Å². The van der Waals surface area contributed by atoms with E-state index in [0.29, 0.717) is 17.3 Å². The predicted molar refractivity (Wildman–Crippen MR) is 98.2 cm³/mol. The summed E-state index contributed by atoms with van der Waals surface area (Å²) in [5.74, 6) is 1.00. The van der Waals surface area contributed by atoms with Crippen LogP contribution in [0.5, 0.6) is 5.75 Å². The number of carbonyl (C=O) groups is 2. The number of benzene rings is 1.